The smallest absolute Gasteiger partial charge is 0.236 e. The molecule has 0 N–H and O–H groups in total. The first-order valence-electron chi connectivity index (χ1n) is 7.30. The second-order valence-corrected chi connectivity index (χ2v) is 6.92. The molecule has 0 bridgehead atoms. The zero-order valence-electron chi connectivity index (χ0n) is 12.7. The maximum Gasteiger partial charge on any atom is 0.236 e. The highest BCUT2D eigenvalue weighted by Gasteiger charge is 2.26. The number of hydrogen-bond donors (Lipinski definition) is 0. The van der Waals surface area contributed by atoms with Gasteiger partial charge in [0, 0.05) is 42.7 Å². The summed E-state index contributed by atoms with van der Waals surface area (Å²) in [5, 5.41) is 9.35. The number of halogens is 1. The molecule has 0 aromatic heterocycles. The molecule has 1 fully saturated rings. The van der Waals surface area contributed by atoms with Crippen molar-refractivity contribution in [2.24, 2.45) is 0 Å². The first-order chi connectivity index (χ1) is 10.6. The molecule has 118 valence electrons. The number of nitrogens with zero attached hydrogens (tertiary/aromatic N) is 3. The van der Waals surface area contributed by atoms with Gasteiger partial charge in [0.05, 0.1) is 19.0 Å². The third-order valence-electron chi connectivity index (χ3n) is 3.82. The summed E-state index contributed by atoms with van der Waals surface area (Å²) in [5.41, 5.74) is 1.20. The Labute approximate surface area is 141 Å². The molecule has 0 saturated carbocycles. The van der Waals surface area contributed by atoms with E-state index in [1.165, 1.54) is 5.56 Å². The summed E-state index contributed by atoms with van der Waals surface area (Å²) in [6.07, 6.45) is 0.374. The maximum absolute atomic E-state index is 12.3. The van der Waals surface area contributed by atoms with Crippen molar-refractivity contribution < 1.29 is 4.79 Å². The molecule has 1 amide bonds. The summed E-state index contributed by atoms with van der Waals surface area (Å²) in [4.78, 5) is 16.2. The number of thioether (sulfide) groups is 1. The van der Waals surface area contributed by atoms with E-state index in [4.69, 9.17) is 16.9 Å². The second kappa shape index (κ2) is 8.42. The summed E-state index contributed by atoms with van der Waals surface area (Å²) in [7, 11) is 1.76. The van der Waals surface area contributed by atoms with Gasteiger partial charge < -0.3 is 4.90 Å². The molecule has 6 heteroatoms. The molecule has 1 saturated heterocycles. The Bertz CT molecular complexity index is 543. The van der Waals surface area contributed by atoms with Crippen molar-refractivity contribution in [3.8, 4) is 6.07 Å². The lowest BCUT2D eigenvalue weighted by Gasteiger charge is -2.36. The third-order valence-corrected chi connectivity index (χ3v) is 5.09. The number of hydrogen-bond acceptors (Lipinski definition) is 4. The molecule has 0 unspecified atom stereocenters. The largest absolute Gasteiger partial charge is 0.344 e. The SMILES string of the molecule is CN(CCC#N)C(=O)CN1CCSC[C@H]1c1ccc(Cl)cc1. The fourth-order valence-corrected chi connectivity index (χ4v) is 3.74. The van der Waals surface area contributed by atoms with E-state index in [0.717, 1.165) is 23.1 Å². The first-order valence-corrected chi connectivity index (χ1v) is 8.83. The van der Waals surface area contributed by atoms with Crippen LogP contribution in [0, 0.1) is 11.3 Å². The van der Waals surface area contributed by atoms with Crippen LogP contribution in [0.25, 0.3) is 0 Å². The lowest BCUT2D eigenvalue weighted by molar-refractivity contribution is -0.131. The van der Waals surface area contributed by atoms with Gasteiger partial charge in [0.15, 0.2) is 0 Å². The van der Waals surface area contributed by atoms with Crippen molar-refractivity contribution in [2.75, 3.05) is 38.2 Å². The zero-order chi connectivity index (χ0) is 15.9. The predicted octanol–water partition coefficient (Wildman–Crippen LogP) is 2.80. The Hall–Kier alpha value is -1.22. The van der Waals surface area contributed by atoms with Crippen molar-refractivity contribution in [3.63, 3.8) is 0 Å². The molecule has 2 rings (SSSR count). The number of likely N-dealkylation sites (N-methyl/N-ethyl adjacent to an activating group) is 1. The van der Waals surface area contributed by atoms with Gasteiger partial charge in [-0.1, -0.05) is 23.7 Å². The monoisotopic (exact) mass is 337 g/mol. The average molecular weight is 338 g/mol. The van der Waals surface area contributed by atoms with Crippen LogP contribution in [-0.4, -0.2) is 53.9 Å². The van der Waals surface area contributed by atoms with E-state index >= 15 is 0 Å². The van der Waals surface area contributed by atoms with Gasteiger partial charge in [-0.05, 0) is 17.7 Å². The number of carbonyl (C=O) groups is 1. The van der Waals surface area contributed by atoms with E-state index in [-0.39, 0.29) is 11.9 Å². The quantitative estimate of drug-likeness (QED) is 0.829. The van der Waals surface area contributed by atoms with Gasteiger partial charge in [-0.2, -0.15) is 17.0 Å². The van der Waals surface area contributed by atoms with Gasteiger partial charge >= 0.3 is 0 Å². The third kappa shape index (κ3) is 4.64. The number of carbonyl (C=O) groups excluding carboxylic acids is 1. The molecule has 1 heterocycles. The highest BCUT2D eigenvalue weighted by atomic mass is 35.5. The van der Waals surface area contributed by atoms with Crippen molar-refractivity contribution in [1.29, 1.82) is 5.26 Å². The molecule has 1 aromatic rings. The van der Waals surface area contributed by atoms with E-state index in [0.29, 0.717) is 19.5 Å². The minimum absolute atomic E-state index is 0.0705. The fourth-order valence-electron chi connectivity index (χ4n) is 2.46. The number of benzene rings is 1. The minimum atomic E-state index is 0.0705. The topological polar surface area (TPSA) is 47.3 Å². The molecule has 0 aliphatic carbocycles. The van der Waals surface area contributed by atoms with Crippen molar-refractivity contribution in [3.05, 3.63) is 34.9 Å². The van der Waals surface area contributed by atoms with Crippen LogP contribution in [0.2, 0.25) is 5.02 Å². The standard InChI is InChI=1S/C16H20ClN3OS/c1-19(8-2-7-18)16(21)11-20-9-10-22-12-15(20)13-3-5-14(17)6-4-13/h3-6,15H,2,8-12H2,1H3/t15-/m0/s1. The van der Waals surface area contributed by atoms with Crippen molar-refractivity contribution in [1.82, 2.24) is 9.80 Å². The molecule has 22 heavy (non-hydrogen) atoms. The first kappa shape index (κ1) is 17.1. The Balaban J connectivity index is 2.02. The molecule has 4 nitrogen and oxygen atoms in total. The fraction of sp³-hybridized carbons (Fsp3) is 0.500. The van der Waals surface area contributed by atoms with Crippen LogP contribution >= 0.6 is 23.4 Å². The van der Waals surface area contributed by atoms with Gasteiger partial charge in [-0.15, -0.1) is 0 Å². The van der Waals surface area contributed by atoms with E-state index in [2.05, 4.69) is 11.0 Å². The van der Waals surface area contributed by atoms with Gasteiger partial charge in [-0.3, -0.25) is 9.69 Å². The van der Waals surface area contributed by atoms with Crippen LogP contribution in [0.4, 0.5) is 0 Å². The van der Waals surface area contributed by atoms with Gasteiger partial charge in [0.2, 0.25) is 5.91 Å². The Morgan fingerprint density at radius 1 is 1.50 bits per heavy atom. The lowest BCUT2D eigenvalue weighted by Crippen LogP contribution is -2.44. The summed E-state index contributed by atoms with van der Waals surface area (Å²) in [5.74, 6) is 2.09. The van der Waals surface area contributed by atoms with Crippen LogP contribution in [-0.2, 0) is 4.79 Å². The van der Waals surface area contributed by atoms with Crippen molar-refractivity contribution in [2.45, 2.75) is 12.5 Å². The van der Waals surface area contributed by atoms with Crippen LogP contribution in [0.3, 0.4) is 0 Å². The lowest BCUT2D eigenvalue weighted by atomic mass is 10.1. The normalized spacial score (nSPS) is 18.7. The van der Waals surface area contributed by atoms with Gasteiger partial charge in [0.25, 0.3) is 0 Å². The maximum atomic E-state index is 12.3. The highest BCUT2D eigenvalue weighted by Crippen LogP contribution is 2.30. The predicted molar refractivity (Wildman–Crippen MR) is 91.0 cm³/mol. The van der Waals surface area contributed by atoms with Crippen molar-refractivity contribution >= 4 is 29.3 Å². The van der Waals surface area contributed by atoms with E-state index in [1.54, 1.807) is 11.9 Å². The van der Waals surface area contributed by atoms with Crippen LogP contribution in [0.1, 0.15) is 18.0 Å². The summed E-state index contributed by atoms with van der Waals surface area (Å²) < 4.78 is 0. The molecule has 1 atom stereocenters. The number of amides is 1. The minimum Gasteiger partial charge on any atom is -0.344 e. The number of nitriles is 1. The van der Waals surface area contributed by atoms with Gasteiger partial charge in [0.1, 0.15) is 0 Å². The summed E-state index contributed by atoms with van der Waals surface area (Å²) in [6.45, 7) is 1.79. The summed E-state index contributed by atoms with van der Waals surface area (Å²) in [6, 6.07) is 10.2. The zero-order valence-corrected chi connectivity index (χ0v) is 14.2. The molecule has 1 aliphatic rings. The van der Waals surface area contributed by atoms with Crippen LogP contribution < -0.4 is 0 Å². The average Bonchev–Trinajstić information content (AvgIpc) is 2.54. The summed E-state index contributed by atoms with van der Waals surface area (Å²) >= 11 is 7.87. The van der Waals surface area contributed by atoms with E-state index < -0.39 is 0 Å². The molecular formula is C16H20ClN3OS. The number of rotatable bonds is 5. The Kier molecular flexibility index (Phi) is 6.56. The molecule has 1 aliphatic heterocycles. The highest BCUT2D eigenvalue weighted by molar-refractivity contribution is 7.99. The van der Waals surface area contributed by atoms with E-state index in [9.17, 15) is 4.79 Å². The van der Waals surface area contributed by atoms with Crippen LogP contribution in [0.5, 0.6) is 0 Å². The van der Waals surface area contributed by atoms with Gasteiger partial charge in [-0.25, -0.2) is 0 Å². The molecule has 1 aromatic carbocycles. The second-order valence-electron chi connectivity index (χ2n) is 5.34. The Morgan fingerprint density at radius 2 is 2.23 bits per heavy atom. The van der Waals surface area contributed by atoms with Crippen LogP contribution in [0.15, 0.2) is 24.3 Å². The molecule has 0 spiro atoms. The molecular weight excluding hydrogens is 318 g/mol. The Morgan fingerprint density at radius 3 is 2.91 bits per heavy atom. The van der Waals surface area contributed by atoms with E-state index in [1.807, 2.05) is 36.0 Å². The molecule has 0 radical (unpaired) electrons.